The number of carbonyl (C=O) groups excluding carboxylic acids is 3. The van der Waals surface area contributed by atoms with Crippen molar-refractivity contribution < 1.29 is 24.6 Å². The first-order chi connectivity index (χ1) is 18.3. The molecular weight excluding hydrogens is 484 g/mol. The molecule has 3 heterocycles. The van der Waals surface area contributed by atoms with Crippen LogP contribution in [-0.2, 0) is 33.0 Å². The molecule has 0 aliphatic carbocycles. The standard InChI is InChI=1S/C29H34N4O5/c1-19(6-5-9-26(35)33-17-21-8-4-3-7-20(21)14-23(33)18-34)29(38)24-15-22(32-13-12-30-16-27(32)36)10-11-25(24)31(2)28(29)37/h3-8,10-11,15,19,23,30,34,38H,9,12-14,16-18H2,1-2H3/b6-5+/t19-,23+,29+/m1/s1. The molecule has 0 radical (unpaired) electrons. The van der Waals surface area contributed by atoms with Gasteiger partial charge in [-0.1, -0.05) is 43.3 Å². The van der Waals surface area contributed by atoms with Crippen molar-refractivity contribution in [1.29, 1.82) is 0 Å². The van der Waals surface area contributed by atoms with E-state index in [0.717, 1.165) is 11.1 Å². The fraction of sp³-hybridized carbons (Fsp3) is 0.414. The van der Waals surface area contributed by atoms with Crippen LogP contribution >= 0.6 is 0 Å². The Hall–Kier alpha value is -3.53. The summed E-state index contributed by atoms with van der Waals surface area (Å²) in [4.78, 5) is 43.6. The van der Waals surface area contributed by atoms with Crippen LogP contribution in [0, 0.1) is 5.92 Å². The molecule has 1 fully saturated rings. The maximum absolute atomic E-state index is 13.3. The van der Waals surface area contributed by atoms with Gasteiger partial charge in [-0.25, -0.2) is 0 Å². The van der Waals surface area contributed by atoms with E-state index in [4.69, 9.17) is 0 Å². The lowest BCUT2D eigenvalue weighted by molar-refractivity contribution is -0.139. The summed E-state index contributed by atoms with van der Waals surface area (Å²) in [6, 6.07) is 12.9. The smallest absolute Gasteiger partial charge is 0.264 e. The summed E-state index contributed by atoms with van der Waals surface area (Å²) in [6.45, 7) is 3.49. The van der Waals surface area contributed by atoms with E-state index >= 15 is 0 Å². The zero-order valence-electron chi connectivity index (χ0n) is 21.8. The molecular formula is C29H34N4O5. The fourth-order valence-corrected chi connectivity index (χ4v) is 5.76. The van der Waals surface area contributed by atoms with E-state index in [1.807, 2.05) is 24.3 Å². The zero-order valence-corrected chi connectivity index (χ0v) is 21.8. The molecule has 3 amide bonds. The summed E-state index contributed by atoms with van der Waals surface area (Å²) in [5.41, 5.74) is 2.08. The maximum Gasteiger partial charge on any atom is 0.264 e. The normalized spacial score (nSPS) is 24.1. The minimum absolute atomic E-state index is 0.0644. The predicted molar refractivity (Wildman–Crippen MR) is 143 cm³/mol. The van der Waals surface area contributed by atoms with Gasteiger partial charge in [-0.15, -0.1) is 0 Å². The van der Waals surface area contributed by atoms with Crippen molar-refractivity contribution in [2.24, 2.45) is 5.92 Å². The Balaban J connectivity index is 1.34. The molecule has 0 unspecified atom stereocenters. The van der Waals surface area contributed by atoms with E-state index < -0.39 is 17.4 Å². The molecule has 0 saturated carbocycles. The number of amides is 3. The lowest BCUT2D eigenvalue weighted by Gasteiger charge is -2.36. The quantitative estimate of drug-likeness (QED) is 0.497. The van der Waals surface area contributed by atoms with Crippen LogP contribution in [0.5, 0.6) is 0 Å². The van der Waals surface area contributed by atoms with Gasteiger partial charge in [0.1, 0.15) is 0 Å². The number of piperazine rings is 1. The highest BCUT2D eigenvalue weighted by molar-refractivity contribution is 6.07. The number of aliphatic hydroxyl groups is 2. The van der Waals surface area contributed by atoms with Crippen molar-refractivity contribution in [1.82, 2.24) is 10.2 Å². The van der Waals surface area contributed by atoms with Gasteiger partial charge in [-0.2, -0.15) is 0 Å². The van der Waals surface area contributed by atoms with Gasteiger partial charge in [0.05, 0.1) is 24.9 Å². The van der Waals surface area contributed by atoms with Gasteiger partial charge in [-0.05, 0) is 35.7 Å². The number of anilines is 2. The van der Waals surface area contributed by atoms with Crippen molar-refractivity contribution >= 4 is 29.1 Å². The predicted octanol–water partition coefficient (Wildman–Crippen LogP) is 1.32. The number of likely N-dealkylation sites (N-methyl/N-ethyl adjacent to an activating group) is 1. The van der Waals surface area contributed by atoms with Crippen LogP contribution in [0.25, 0.3) is 0 Å². The molecule has 2 aromatic carbocycles. The molecule has 9 nitrogen and oxygen atoms in total. The topological polar surface area (TPSA) is 113 Å². The van der Waals surface area contributed by atoms with E-state index in [2.05, 4.69) is 5.32 Å². The molecule has 0 aromatic heterocycles. The second-order valence-electron chi connectivity index (χ2n) is 10.3. The fourth-order valence-electron chi connectivity index (χ4n) is 5.76. The van der Waals surface area contributed by atoms with Crippen LogP contribution in [0.2, 0.25) is 0 Å². The average Bonchev–Trinajstić information content (AvgIpc) is 3.13. The Kier molecular flexibility index (Phi) is 7.09. The first-order valence-electron chi connectivity index (χ1n) is 13.1. The summed E-state index contributed by atoms with van der Waals surface area (Å²) in [7, 11) is 1.62. The Labute approximate surface area is 222 Å². The van der Waals surface area contributed by atoms with E-state index in [0.29, 0.717) is 43.0 Å². The number of fused-ring (bicyclic) bond motifs is 2. The first kappa shape index (κ1) is 26.1. The highest BCUT2D eigenvalue weighted by Crippen LogP contribution is 2.46. The van der Waals surface area contributed by atoms with Crippen LogP contribution in [0.1, 0.15) is 30.0 Å². The van der Waals surface area contributed by atoms with Crippen molar-refractivity contribution in [2.45, 2.75) is 38.0 Å². The number of carbonyl (C=O) groups is 3. The Morgan fingerprint density at radius 3 is 2.71 bits per heavy atom. The number of hydrogen-bond donors (Lipinski definition) is 3. The highest BCUT2D eigenvalue weighted by atomic mass is 16.3. The number of nitrogens with one attached hydrogen (secondary N) is 1. The van der Waals surface area contributed by atoms with E-state index in [1.54, 1.807) is 54.1 Å². The van der Waals surface area contributed by atoms with E-state index in [9.17, 15) is 24.6 Å². The first-order valence-corrected chi connectivity index (χ1v) is 13.1. The van der Waals surface area contributed by atoms with Gasteiger partial charge in [0.2, 0.25) is 11.8 Å². The lowest BCUT2D eigenvalue weighted by Crippen LogP contribution is -2.48. The Morgan fingerprint density at radius 2 is 1.97 bits per heavy atom. The van der Waals surface area contributed by atoms with Gasteiger partial charge in [0, 0.05) is 50.3 Å². The SMILES string of the molecule is C[C@H](/C=C/CC(=O)N1Cc2ccccc2C[C@H]1CO)[C@@]1(O)C(=O)N(C)c2ccc(N3CCNCC3=O)cc21. The molecule has 2 aromatic rings. The number of hydrogen-bond acceptors (Lipinski definition) is 6. The third-order valence-electron chi connectivity index (χ3n) is 8.05. The van der Waals surface area contributed by atoms with Crippen molar-refractivity contribution in [3.63, 3.8) is 0 Å². The summed E-state index contributed by atoms with van der Waals surface area (Å²) in [6.07, 6.45) is 4.08. The van der Waals surface area contributed by atoms with E-state index in [-0.39, 0.29) is 37.4 Å². The molecule has 3 aliphatic heterocycles. The van der Waals surface area contributed by atoms with Crippen LogP contribution < -0.4 is 15.1 Å². The van der Waals surface area contributed by atoms with Gasteiger partial charge >= 0.3 is 0 Å². The molecule has 38 heavy (non-hydrogen) atoms. The van der Waals surface area contributed by atoms with Crippen LogP contribution in [-0.4, -0.2) is 72.2 Å². The molecule has 3 atom stereocenters. The molecule has 5 rings (SSSR count). The number of benzene rings is 2. The highest BCUT2D eigenvalue weighted by Gasteiger charge is 2.51. The molecule has 0 bridgehead atoms. The van der Waals surface area contributed by atoms with Crippen LogP contribution in [0.4, 0.5) is 11.4 Å². The number of rotatable bonds is 6. The van der Waals surface area contributed by atoms with Crippen molar-refractivity contribution in [3.8, 4) is 0 Å². The Morgan fingerprint density at radius 1 is 1.21 bits per heavy atom. The second kappa shape index (κ2) is 10.3. The molecule has 1 saturated heterocycles. The van der Waals surface area contributed by atoms with Crippen LogP contribution in [0.3, 0.4) is 0 Å². The summed E-state index contributed by atoms with van der Waals surface area (Å²) in [5, 5.41) is 24.7. The molecule has 3 aliphatic rings. The van der Waals surface area contributed by atoms with Crippen molar-refractivity contribution in [2.75, 3.05) is 43.1 Å². The third-order valence-corrected chi connectivity index (χ3v) is 8.05. The summed E-state index contributed by atoms with van der Waals surface area (Å²) in [5.74, 6) is -1.27. The van der Waals surface area contributed by atoms with Gasteiger partial charge in [-0.3, -0.25) is 14.4 Å². The molecule has 9 heteroatoms. The Bertz CT molecular complexity index is 1290. The van der Waals surface area contributed by atoms with Gasteiger partial charge in [0.25, 0.3) is 5.91 Å². The summed E-state index contributed by atoms with van der Waals surface area (Å²) < 4.78 is 0. The van der Waals surface area contributed by atoms with Gasteiger partial charge < -0.3 is 30.2 Å². The minimum Gasteiger partial charge on any atom is -0.394 e. The maximum atomic E-state index is 13.3. The largest absolute Gasteiger partial charge is 0.394 e. The average molecular weight is 519 g/mol. The second-order valence-corrected chi connectivity index (χ2v) is 10.3. The van der Waals surface area contributed by atoms with Crippen LogP contribution in [0.15, 0.2) is 54.6 Å². The number of aliphatic hydroxyl groups excluding tert-OH is 1. The molecule has 200 valence electrons. The molecule has 0 spiro atoms. The van der Waals surface area contributed by atoms with Crippen molar-refractivity contribution in [3.05, 3.63) is 71.3 Å². The number of nitrogens with zero attached hydrogens (tertiary/aromatic N) is 3. The van der Waals surface area contributed by atoms with E-state index in [1.165, 1.54) is 4.90 Å². The monoisotopic (exact) mass is 518 g/mol. The molecule has 3 N–H and O–H groups in total. The van der Waals surface area contributed by atoms with Gasteiger partial charge in [0.15, 0.2) is 5.60 Å². The lowest BCUT2D eigenvalue weighted by atomic mass is 9.82. The zero-order chi connectivity index (χ0) is 27.0. The summed E-state index contributed by atoms with van der Waals surface area (Å²) >= 11 is 0. The third kappa shape index (κ3) is 4.40. The minimum atomic E-state index is -1.82.